The number of rotatable bonds is 3. The Balaban J connectivity index is 1.38. The zero-order valence-electron chi connectivity index (χ0n) is 14.4. The molecule has 0 radical (unpaired) electrons. The number of ether oxygens (including phenoxy) is 1. The fourth-order valence-electron chi connectivity index (χ4n) is 4.10. The third kappa shape index (κ3) is 3.02. The lowest BCUT2D eigenvalue weighted by molar-refractivity contribution is -0.136. The van der Waals surface area contributed by atoms with Crippen LogP contribution in [0.1, 0.15) is 19.8 Å². The van der Waals surface area contributed by atoms with Gasteiger partial charge in [-0.3, -0.25) is 9.69 Å². The van der Waals surface area contributed by atoms with E-state index < -0.39 is 0 Å². The molecule has 0 aromatic carbocycles. The molecule has 0 aromatic rings. The first-order chi connectivity index (χ1) is 11.7. The highest BCUT2D eigenvalue weighted by Gasteiger charge is 2.37. The molecule has 132 valence electrons. The van der Waals surface area contributed by atoms with Crippen LogP contribution in [-0.4, -0.2) is 85.5 Å². The summed E-state index contributed by atoms with van der Waals surface area (Å²) in [4.78, 5) is 23.8. The van der Waals surface area contributed by atoms with Crippen molar-refractivity contribution in [2.75, 3.05) is 52.6 Å². The minimum absolute atomic E-state index is 0.262. The van der Waals surface area contributed by atoms with Crippen LogP contribution in [0.15, 0.2) is 16.5 Å². The number of aliphatic imine (C=N–C) groups is 1. The summed E-state index contributed by atoms with van der Waals surface area (Å²) in [6.45, 7) is 8.57. The molecule has 4 aliphatic heterocycles. The summed E-state index contributed by atoms with van der Waals surface area (Å²) in [5, 5.41) is 3.38. The molecule has 1 N–H and O–H groups in total. The maximum absolute atomic E-state index is 12.7. The van der Waals surface area contributed by atoms with Gasteiger partial charge in [0.2, 0.25) is 5.91 Å². The summed E-state index contributed by atoms with van der Waals surface area (Å²) in [6, 6.07) is 0.383. The largest absolute Gasteiger partial charge is 0.379 e. The molecule has 0 aliphatic carbocycles. The van der Waals surface area contributed by atoms with Gasteiger partial charge in [0.1, 0.15) is 5.82 Å². The highest BCUT2D eigenvalue weighted by atomic mass is 16.5. The van der Waals surface area contributed by atoms with Crippen molar-refractivity contribution in [2.24, 2.45) is 10.9 Å². The molecule has 24 heavy (non-hydrogen) atoms. The van der Waals surface area contributed by atoms with Crippen molar-refractivity contribution in [3.05, 3.63) is 11.5 Å². The normalized spacial score (nSPS) is 30.7. The Labute approximate surface area is 143 Å². The second-order valence-corrected chi connectivity index (χ2v) is 7.18. The Morgan fingerprint density at radius 2 is 2.21 bits per heavy atom. The van der Waals surface area contributed by atoms with Gasteiger partial charge >= 0.3 is 0 Å². The smallest absolute Gasteiger partial charge is 0.236 e. The van der Waals surface area contributed by atoms with E-state index in [1.807, 2.05) is 6.21 Å². The van der Waals surface area contributed by atoms with Crippen LogP contribution in [0.4, 0.5) is 0 Å². The molecule has 0 saturated carbocycles. The first kappa shape index (κ1) is 15.9. The molecular weight excluding hydrogens is 306 g/mol. The summed E-state index contributed by atoms with van der Waals surface area (Å²) in [7, 11) is 0. The van der Waals surface area contributed by atoms with Crippen LogP contribution in [0, 0.1) is 5.92 Å². The van der Waals surface area contributed by atoms with Crippen molar-refractivity contribution in [1.82, 2.24) is 20.0 Å². The Kier molecular flexibility index (Phi) is 4.45. The van der Waals surface area contributed by atoms with E-state index >= 15 is 0 Å². The maximum atomic E-state index is 12.7. The Hall–Kier alpha value is -1.60. The Bertz CT molecular complexity index is 555. The molecule has 0 spiro atoms. The predicted molar refractivity (Wildman–Crippen MR) is 91.4 cm³/mol. The molecule has 7 nitrogen and oxygen atoms in total. The fraction of sp³-hybridized carbons (Fsp3) is 0.765. The molecule has 7 heteroatoms. The number of nitrogens with one attached hydrogen (secondary N) is 1. The molecule has 2 unspecified atom stereocenters. The summed E-state index contributed by atoms with van der Waals surface area (Å²) in [5.41, 5.74) is 1.30. The molecule has 2 fully saturated rings. The monoisotopic (exact) mass is 333 g/mol. The van der Waals surface area contributed by atoms with Gasteiger partial charge in [0.15, 0.2) is 0 Å². The number of carbonyl (C=O) groups excluding carboxylic acids is 1. The summed E-state index contributed by atoms with van der Waals surface area (Å²) in [5.74, 6) is 1.88. The highest BCUT2D eigenvalue weighted by molar-refractivity contribution is 5.78. The number of amides is 1. The minimum Gasteiger partial charge on any atom is -0.379 e. The van der Waals surface area contributed by atoms with Crippen molar-refractivity contribution in [1.29, 1.82) is 0 Å². The van der Waals surface area contributed by atoms with Crippen molar-refractivity contribution in [2.45, 2.75) is 25.8 Å². The van der Waals surface area contributed by atoms with Gasteiger partial charge in [-0.15, -0.1) is 0 Å². The van der Waals surface area contributed by atoms with E-state index in [9.17, 15) is 4.79 Å². The average Bonchev–Trinajstić information content (AvgIpc) is 3.20. The zero-order chi connectivity index (χ0) is 16.5. The fourth-order valence-corrected chi connectivity index (χ4v) is 4.10. The number of allylic oxidation sites excluding steroid dienone is 1. The molecule has 0 aromatic heterocycles. The van der Waals surface area contributed by atoms with Gasteiger partial charge in [-0.25, -0.2) is 4.99 Å². The van der Waals surface area contributed by atoms with Crippen LogP contribution < -0.4 is 5.32 Å². The second kappa shape index (κ2) is 6.72. The van der Waals surface area contributed by atoms with E-state index in [0.717, 1.165) is 64.7 Å². The predicted octanol–water partition coefficient (Wildman–Crippen LogP) is 0.0619. The SMILES string of the molecule is CC1CCN(C(=O)CN2CCOCC2)CC1N1CNC2=C1CC=N2. The molecule has 2 atom stereocenters. The van der Waals surface area contributed by atoms with Crippen LogP contribution >= 0.6 is 0 Å². The first-order valence-corrected chi connectivity index (χ1v) is 9.06. The third-order valence-electron chi connectivity index (χ3n) is 5.68. The number of piperidine rings is 1. The number of hydrogen-bond donors (Lipinski definition) is 1. The van der Waals surface area contributed by atoms with Crippen LogP contribution in [-0.2, 0) is 9.53 Å². The van der Waals surface area contributed by atoms with Crippen molar-refractivity contribution in [3.63, 3.8) is 0 Å². The van der Waals surface area contributed by atoms with Gasteiger partial charge in [0.25, 0.3) is 0 Å². The maximum Gasteiger partial charge on any atom is 0.236 e. The molecule has 0 bridgehead atoms. The van der Waals surface area contributed by atoms with Gasteiger partial charge in [-0.2, -0.15) is 0 Å². The van der Waals surface area contributed by atoms with Crippen LogP contribution in [0.3, 0.4) is 0 Å². The van der Waals surface area contributed by atoms with Gasteiger partial charge in [-0.05, 0) is 12.3 Å². The van der Waals surface area contributed by atoms with E-state index in [2.05, 4.69) is 31.9 Å². The van der Waals surface area contributed by atoms with Crippen molar-refractivity contribution >= 4 is 12.1 Å². The number of hydrogen-bond acceptors (Lipinski definition) is 6. The number of carbonyl (C=O) groups is 1. The molecular formula is C17H27N5O2. The van der Waals surface area contributed by atoms with Crippen LogP contribution in [0.5, 0.6) is 0 Å². The Morgan fingerprint density at radius 1 is 1.38 bits per heavy atom. The number of nitrogens with zero attached hydrogens (tertiary/aromatic N) is 4. The Morgan fingerprint density at radius 3 is 3.04 bits per heavy atom. The summed E-state index contributed by atoms with van der Waals surface area (Å²) in [6.07, 6.45) is 3.95. The van der Waals surface area contributed by atoms with Gasteiger partial charge in [-0.1, -0.05) is 6.92 Å². The third-order valence-corrected chi connectivity index (χ3v) is 5.68. The average molecular weight is 333 g/mol. The number of likely N-dealkylation sites (tertiary alicyclic amines) is 1. The lowest BCUT2D eigenvalue weighted by Crippen LogP contribution is -2.55. The van der Waals surface area contributed by atoms with Crippen molar-refractivity contribution < 1.29 is 9.53 Å². The lowest BCUT2D eigenvalue weighted by Gasteiger charge is -2.43. The topological polar surface area (TPSA) is 60.4 Å². The molecule has 4 rings (SSSR count). The van der Waals surface area contributed by atoms with E-state index in [0.29, 0.717) is 18.5 Å². The number of morpholine rings is 1. The van der Waals surface area contributed by atoms with E-state index in [1.165, 1.54) is 5.70 Å². The quantitative estimate of drug-likeness (QED) is 0.792. The molecule has 4 heterocycles. The second-order valence-electron chi connectivity index (χ2n) is 7.18. The van der Waals surface area contributed by atoms with Crippen LogP contribution in [0.2, 0.25) is 0 Å². The van der Waals surface area contributed by atoms with Gasteiger partial charge in [0, 0.05) is 38.8 Å². The summed E-state index contributed by atoms with van der Waals surface area (Å²) < 4.78 is 5.37. The van der Waals surface area contributed by atoms with Gasteiger partial charge in [0.05, 0.1) is 38.2 Å². The zero-order valence-corrected chi connectivity index (χ0v) is 14.4. The minimum atomic E-state index is 0.262. The lowest BCUT2D eigenvalue weighted by atomic mass is 9.91. The van der Waals surface area contributed by atoms with E-state index in [1.54, 1.807) is 0 Å². The molecule has 2 saturated heterocycles. The summed E-state index contributed by atoms with van der Waals surface area (Å²) >= 11 is 0. The first-order valence-electron chi connectivity index (χ1n) is 9.06. The standard InChI is InChI=1S/C17H27N5O2/c1-13-3-5-21(16(23)11-20-6-8-24-9-7-20)10-15(13)22-12-19-17-14(22)2-4-18-17/h4,13,15,19H,2-3,5-12H2,1H3. The molecule has 1 amide bonds. The van der Waals surface area contributed by atoms with E-state index in [-0.39, 0.29) is 5.91 Å². The molecule has 4 aliphatic rings. The van der Waals surface area contributed by atoms with Crippen molar-refractivity contribution in [3.8, 4) is 0 Å². The van der Waals surface area contributed by atoms with E-state index in [4.69, 9.17) is 4.74 Å². The highest BCUT2D eigenvalue weighted by Crippen LogP contribution is 2.31. The van der Waals surface area contributed by atoms with Crippen LogP contribution in [0.25, 0.3) is 0 Å². The van der Waals surface area contributed by atoms with Gasteiger partial charge < -0.3 is 19.9 Å².